The van der Waals surface area contributed by atoms with E-state index in [2.05, 4.69) is 4.98 Å². The van der Waals surface area contributed by atoms with Crippen molar-refractivity contribution < 1.29 is 32.7 Å². The highest BCUT2D eigenvalue weighted by atomic mass is 19.4. The van der Waals surface area contributed by atoms with Crippen LogP contribution in [0.3, 0.4) is 0 Å². The van der Waals surface area contributed by atoms with Crippen LogP contribution < -0.4 is 4.90 Å². The van der Waals surface area contributed by atoms with Crippen molar-refractivity contribution in [2.75, 3.05) is 24.5 Å². The lowest BCUT2D eigenvalue weighted by Crippen LogP contribution is -2.34. The Bertz CT molecular complexity index is 1070. The number of hydrogen-bond donors (Lipinski definition) is 1. The Balaban J connectivity index is 0.000000383. The van der Waals surface area contributed by atoms with Gasteiger partial charge in [-0.25, -0.2) is 9.78 Å². The minimum absolute atomic E-state index is 0.0352. The summed E-state index contributed by atoms with van der Waals surface area (Å²) in [7, 11) is 0. The monoisotopic (exact) mass is 463 g/mol. The van der Waals surface area contributed by atoms with Crippen LogP contribution in [0.4, 0.5) is 18.9 Å². The molecule has 2 amide bonds. The molecular formula is C23H24F3N3O4. The van der Waals surface area contributed by atoms with E-state index in [1.165, 1.54) is 0 Å². The number of carbonyl (C=O) groups is 3. The summed E-state index contributed by atoms with van der Waals surface area (Å²) in [5.41, 5.74) is 3.29. The van der Waals surface area contributed by atoms with Crippen molar-refractivity contribution in [1.29, 1.82) is 0 Å². The molecule has 1 aromatic heterocycles. The Hall–Kier alpha value is -3.43. The number of aryl methyl sites for hydroxylation is 2. The summed E-state index contributed by atoms with van der Waals surface area (Å²) in [5.74, 6) is -2.64. The molecule has 1 atom stereocenters. The van der Waals surface area contributed by atoms with Crippen LogP contribution in [0.2, 0.25) is 0 Å². The zero-order valence-corrected chi connectivity index (χ0v) is 18.2. The van der Waals surface area contributed by atoms with Crippen LogP contribution in [0.15, 0.2) is 42.5 Å². The van der Waals surface area contributed by atoms with Gasteiger partial charge in [-0.3, -0.25) is 9.59 Å². The van der Waals surface area contributed by atoms with Crippen LogP contribution >= 0.6 is 0 Å². The summed E-state index contributed by atoms with van der Waals surface area (Å²) in [4.78, 5) is 42.4. The average Bonchev–Trinajstić information content (AvgIpc) is 3.30. The highest BCUT2D eigenvalue weighted by Gasteiger charge is 2.49. The molecule has 2 fully saturated rings. The zero-order valence-electron chi connectivity index (χ0n) is 18.2. The van der Waals surface area contributed by atoms with Gasteiger partial charge in [-0.1, -0.05) is 18.2 Å². The predicted octanol–water partition coefficient (Wildman–Crippen LogP) is 3.60. The topological polar surface area (TPSA) is 90.8 Å². The highest BCUT2D eigenvalue weighted by molar-refractivity contribution is 5.97. The second-order valence-corrected chi connectivity index (χ2v) is 8.44. The summed E-state index contributed by atoms with van der Waals surface area (Å²) in [6.45, 7) is 5.90. The number of rotatable bonds is 2. The van der Waals surface area contributed by atoms with Crippen molar-refractivity contribution in [1.82, 2.24) is 9.88 Å². The number of aliphatic carboxylic acids is 1. The smallest absolute Gasteiger partial charge is 0.475 e. The Morgan fingerprint density at radius 2 is 1.76 bits per heavy atom. The van der Waals surface area contributed by atoms with E-state index in [4.69, 9.17) is 9.90 Å². The molecule has 1 spiro atoms. The van der Waals surface area contributed by atoms with Gasteiger partial charge in [0.25, 0.3) is 5.91 Å². The van der Waals surface area contributed by atoms with Crippen molar-refractivity contribution in [2.45, 2.75) is 32.9 Å². The summed E-state index contributed by atoms with van der Waals surface area (Å²) < 4.78 is 31.7. The molecule has 2 aromatic rings. The van der Waals surface area contributed by atoms with Crippen LogP contribution in [0, 0.1) is 19.3 Å². The average molecular weight is 463 g/mol. The van der Waals surface area contributed by atoms with Crippen LogP contribution in [0.1, 0.15) is 34.6 Å². The molecule has 1 N–H and O–H groups in total. The van der Waals surface area contributed by atoms with Crippen LogP contribution in [0.5, 0.6) is 0 Å². The molecule has 2 aliphatic rings. The molecule has 33 heavy (non-hydrogen) atoms. The standard InChI is InChI=1S/C21H23N3O2.C2HF3O2/c1-15-5-3-7-17(11-15)24-14-21(12-19(24)25)9-10-23(13-21)20(26)18-8-4-6-16(2)22-18;3-2(4,5)1(6)7/h3-8,11H,9-10,12-14H2,1-2H3;(H,6,7). The minimum Gasteiger partial charge on any atom is -0.475 e. The van der Waals surface area contributed by atoms with Gasteiger partial charge in [0.2, 0.25) is 5.91 Å². The lowest BCUT2D eigenvalue weighted by Gasteiger charge is -2.24. The van der Waals surface area contributed by atoms with Crippen molar-refractivity contribution in [2.24, 2.45) is 5.41 Å². The third-order valence-corrected chi connectivity index (χ3v) is 5.71. The van der Waals surface area contributed by atoms with Crippen molar-refractivity contribution in [3.63, 3.8) is 0 Å². The van der Waals surface area contributed by atoms with Gasteiger partial charge in [0.1, 0.15) is 5.69 Å². The maximum atomic E-state index is 12.8. The molecule has 7 nitrogen and oxygen atoms in total. The van der Waals surface area contributed by atoms with Gasteiger partial charge in [0.15, 0.2) is 0 Å². The van der Waals surface area contributed by atoms with Gasteiger partial charge in [0.05, 0.1) is 0 Å². The number of pyridine rings is 1. The summed E-state index contributed by atoms with van der Waals surface area (Å²) in [6.07, 6.45) is -3.72. The van der Waals surface area contributed by atoms with E-state index in [0.717, 1.165) is 23.4 Å². The number of likely N-dealkylation sites (tertiary alicyclic amines) is 1. The fourth-order valence-electron chi connectivity index (χ4n) is 4.13. The predicted molar refractivity (Wildman–Crippen MR) is 114 cm³/mol. The van der Waals surface area contributed by atoms with Gasteiger partial charge in [-0.05, 0) is 50.1 Å². The number of carboxylic acids is 1. The van der Waals surface area contributed by atoms with E-state index in [1.54, 1.807) is 6.07 Å². The largest absolute Gasteiger partial charge is 0.490 e. The van der Waals surface area contributed by atoms with E-state index < -0.39 is 12.1 Å². The molecule has 176 valence electrons. The Morgan fingerprint density at radius 1 is 1.09 bits per heavy atom. The Morgan fingerprint density at radius 3 is 2.36 bits per heavy atom. The van der Waals surface area contributed by atoms with Gasteiger partial charge in [-0.2, -0.15) is 13.2 Å². The van der Waals surface area contributed by atoms with Gasteiger partial charge in [-0.15, -0.1) is 0 Å². The first-order valence-corrected chi connectivity index (χ1v) is 10.3. The second kappa shape index (κ2) is 9.21. The molecule has 1 unspecified atom stereocenters. The number of anilines is 1. The van der Waals surface area contributed by atoms with E-state index in [9.17, 15) is 22.8 Å². The number of alkyl halides is 3. The number of nitrogens with zero attached hydrogens (tertiary/aromatic N) is 3. The molecule has 2 saturated heterocycles. The zero-order chi connectivity index (χ0) is 24.4. The maximum absolute atomic E-state index is 12.8. The Kier molecular flexibility index (Phi) is 6.76. The number of hydrogen-bond acceptors (Lipinski definition) is 4. The van der Waals surface area contributed by atoms with E-state index >= 15 is 0 Å². The fourth-order valence-corrected chi connectivity index (χ4v) is 4.13. The van der Waals surface area contributed by atoms with Gasteiger partial charge < -0.3 is 14.9 Å². The van der Waals surface area contributed by atoms with Crippen LogP contribution in [0.25, 0.3) is 0 Å². The van der Waals surface area contributed by atoms with Gasteiger partial charge in [0, 0.05) is 42.9 Å². The molecule has 0 saturated carbocycles. The molecular weight excluding hydrogens is 439 g/mol. The SMILES string of the molecule is Cc1cccc(N2CC3(CCN(C(=O)c4cccc(C)n4)C3)CC2=O)c1.O=C(O)C(F)(F)F. The van der Waals surface area contributed by atoms with Crippen LogP contribution in [-0.2, 0) is 9.59 Å². The minimum atomic E-state index is -5.08. The lowest BCUT2D eigenvalue weighted by atomic mass is 9.86. The number of carboxylic acid groups (broad SMARTS) is 1. The fraction of sp³-hybridized carbons (Fsp3) is 0.391. The van der Waals surface area contributed by atoms with Gasteiger partial charge >= 0.3 is 12.1 Å². The number of benzene rings is 1. The quantitative estimate of drug-likeness (QED) is 0.735. The second-order valence-electron chi connectivity index (χ2n) is 8.44. The number of aromatic nitrogens is 1. The third-order valence-electron chi connectivity index (χ3n) is 5.71. The van der Waals surface area contributed by atoms with Crippen molar-refractivity contribution >= 4 is 23.5 Å². The third kappa shape index (κ3) is 5.68. The normalized spacial score (nSPS) is 20.1. The number of halogens is 3. The van der Waals surface area contributed by atoms with E-state index in [1.807, 2.05) is 60.0 Å². The van der Waals surface area contributed by atoms with E-state index in [0.29, 0.717) is 31.7 Å². The molecule has 0 aliphatic carbocycles. The van der Waals surface area contributed by atoms with Crippen molar-refractivity contribution in [3.05, 3.63) is 59.4 Å². The summed E-state index contributed by atoms with van der Waals surface area (Å²) in [5, 5.41) is 7.12. The lowest BCUT2D eigenvalue weighted by molar-refractivity contribution is -0.192. The highest BCUT2D eigenvalue weighted by Crippen LogP contribution is 2.42. The molecule has 0 radical (unpaired) electrons. The molecule has 3 heterocycles. The molecule has 4 rings (SSSR count). The molecule has 2 aliphatic heterocycles. The van der Waals surface area contributed by atoms with Crippen molar-refractivity contribution in [3.8, 4) is 0 Å². The number of amides is 2. The first kappa shape index (κ1) is 24.2. The molecule has 10 heteroatoms. The first-order chi connectivity index (χ1) is 15.4. The molecule has 0 bridgehead atoms. The number of carbonyl (C=O) groups excluding carboxylic acids is 2. The van der Waals surface area contributed by atoms with Crippen LogP contribution in [-0.4, -0.2) is 58.6 Å². The maximum Gasteiger partial charge on any atom is 0.490 e. The Labute approximate surface area is 188 Å². The van der Waals surface area contributed by atoms with E-state index in [-0.39, 0.29) is 17.2 Å². The summed E-state index contributed by atoms with van der Waals surface area (Å²) in [6, 6.07) is 13.6. The summed E-state index contributed by atoms with van der Waals surface area (Å²) >= 11 is 0. The first-order valence-electron chi connectivity index (χ1n) is 10.3. The molecule has 1 aromatic carbocycles.